The molecule has 0 radical (unpaired) electrons. The highest BCUT2D eigenvalue weighted by Gasteiger charge is 2.02. The molecule has 1 aromatic carbocycles. The molecule has 0 atom stereocenters. The molecule has 0 amide bonds. The first-order chi connectivity index (χ1) is 7.78. The van der Waals surface area contributed by atoms with Crippen molar-refractivity contribution in [3.05, 3.63) is 50.4 Å². The smallest absolute Gasteiger partial charge is 0.0972 e. The number of hydrogen-bond donors (Lipinski definition) is 1. The summed E-state index contributed by atoms with van der Waals surface area (Å²) >= 11 is 5.16. The first-order valence-electron chi connectivity index (χ1n) is 5.10. The minimum absolute atomic E-state index is 0.844. The van der Waals surface area contributed by atoms with Crippen LogP contribution in [0.3, 0.4) is 0 Å². The first-order valence-corrected chi connectivity index (χ1v) is 6.77. The van der Waals surface area contributed by atoms with Crippen LogP contribution in [-0.4, -0.2) is 12.0 Å². The third-order valence-electron chi connectivity index (χ3n) is 2.23. The molecule has 2 aromatic rings. The summed E-state index contributed by atoms with van der Waals surface area (Å²) in [4.78, 5) is 4.56. The summed E-state index contributed by atoms with van der Waals surface area (Å²) in [5.74, 6) is 0. The lowest BCUT2D eigenvalue weighted by atomic mass is 10.2. The zero-order valence-electron chi connectivity index (χ0n) is 9.03. The molecule has 0 aliphatic carbocycles. The van der Waals surface area contributed by atoms with E-state index in [-0.39, 0.29) is 0 Å². The molecular formula is C12H13BrN2S. The molecule has 0 aliphatic heterocycles. The second-order valence-electron chi connectivity index (χ2n) is 3.57. The predicted octanol–water partition coefficient (Wildman–Crippen LogP) is 3.22. The molecule has 16 heavy (non-hydrogen) atoms. The van der Waals surface area contributed by atoms with Crippen molar-refractivity contribution in [2.45, 2.75) is 13.0 Å². The van der Waals surface area contributed by atoms with Crippen LogP contribution in [0.4, 0.5) is 0 Å². The van der Waals surface area contributed by atoms with Gasteiger partial charge >= 0.3 is 0 Å². The minimum atomic E-state index is 0.844. The highest BCUT2D eigenvalue weighted by molar-refractivity contribution is 9.10. The van der Waals surface area contributed by atoms with Crippen LogP contribution in [-0.2, 0) is 13.0 Å². The van der Waals surface area contributed by atoms with Crippen molar-refractivity contribution in [2.24, 2.45) is 0 Å². The van der Waals surface area contributed by atoms with Gasteiger partial charge in [0, 0.05) is 22.8 Å². The largest absolute Gasteiger partial charge is 0.314 e. The normalized spacial score (nSPS) is 10.6. The molecule has 0 spiro atoms. The maximum absolute atomic E-state index is 4.56. The summed E-state index contributed by atoms with van der Waals surface area (Å²) in [7, 11) is 1.94. The number of nitrogens with one attached hydrogen (secondary N) is 1. The van der Waals surface area contributed by atoms with Gasteiger partial charge in [0.2, 0.25) is 0 Å². The number of hydrogen-bond acceptors (Lipinski definition) is 3. The number of rotatable bonds is 4. The van der Waals surface area contributed by atoms with Gasteiger partial charge in [-0.1, -0.05) is 28.1 Å². The van der Waals surface area contributed by atoms with Crippen LogP contribution in [0.15, 0.2) is 34.1 Å². The molecule has 0 saturated carbocycles. The lowest BCUT2D eigenvalue weighted by Crippen LogP contribution is -2.05. The maximum atomic E-state index is 4.56. The SMILES string of the molecule is CNCc1csc(Cc2ccc(Br)cc2)n1. The van der Waals surface area contributed by atoms with E-state index in [0.717, 1.165) is 23.1 Å². The van der Waals surface area contributed by atoms with E-state index in [1.807, 2.05) is 7.05 Å². The highest BCUT2D eigenvalue weighted by atomic mass is 79.9. The van der Waals surface area contributed by atoms with Gasteiger partial charge in [-0.05, 0) is 24.7 Å². The Bertz CT molecular complexity index is 450. The minimum Gasteiger partial charge on any atom is -0.314 e. The zero-order chi connectivity index (χ0) is 11.4. The average molecular weight is 297 g/mol. The van der Waals surface area contributed by atoms with Gasteiger partial charge in [0.15, 0.2) is 0 Å². The second kappa shape index (κ2) is 5.57. The van der Waals surface area contributed by atoms with E-state index in [9.17, 15) is 0 Å². The van der Waals surface area contributed by atoms with E-state index in [0.29, 0.717) is 0 Å². The topological polar surface area (TPSA) is 24.9 Å². The monoisotopic (exact) mass is 296 g/mol. The Kier molecular flexibility index (Phi) is 4.09. The highest BCUT2D eigenvalue weighted by Crippen LogP contribution is 2.17. The maximum Gasteiger partial charge on any atom is 0.0972 e. The summed E-state index contributed by atoms with van der Waals surface area (Å²) in [6, 6.07) is 8.39. The molecule has 0 saturated heterocycles. The standard InChI is InChI=1S/C12H13BrN2S/c1-14-7-11-8-16-12(15-11)6-9-2-4-10(13)5-3-9/h2-5,8,14H,6-7H2,1H3. The fraction of sp³-hybridized carbons (Fsp3) is 0.250. The fourth-order valence-electron chi connectivity index (χ4n) is 1.47. The molecule has 1 aromatic heterocycles. The summed E-state index contributed by atoms with van der Waals surface area (Å²) < 4.78 is 1.12. The van der Waals surface area contributed by atoms with Gasteiger partial charge < -0.3 is 5.32 Å². The van der Waals surface area contributed by atoms with E-state index in [4.69, 9.17) is 0 Å². The summed E-state index contributed by atoms with van der Waals surface area (Å²) in [5, 5.41) is 6.40. The Morgan fingerprint density at radius 3 is 2.75 bits per heavy atom. The van der Waals surface area contributed by atoms with Gasteiger partial charge in [-0.2, -0.15) is 0 Å². The van der Waals surface area contributed by atoms with Crippen molar-refractivity contribution in [3.63, 3.8) is 0 Å². The van der Waals surface area contributed by atoms with Gasteiger partial charge in [-0.3, -0.25) is 0 Å². The molecule has 0 fully saturated rings. The zero-order valence-corrected chi connectivity index (χ0v) is 11.4. The summed E-state index contributed by atoms with van der Waals surface area (Å²) in [6.45, 7) is 0.844. The molecule has 84 valence electrons. The molecule has 1 heterocycles. The number of thiazole rings is 1. The number of benzene rings is 1. The first kappa shape index (κ1) is 11.8. The van der Waals surface area contributed by atoms with Crippen LogP contribution < -0.4 is 5.32 Å². The van der Waals surface area contributed by atoms with Crippen LogP contribution in [0.2, 0.25) is 0 Å². The fourth-order valence-corrected chi connectivity index (χ4v) is 2.56. The van der Waals surface area contributed by atoms with Crippen LogP contribution in [0, 0.1) is 0 Å². The van der Waals surface area contributed by atoms with Gasteiger partial charge in [0.25, 0.3) is 0 Å². The molecule has 4 heteroatoms. The Morgan fingerprint density at radius 2 is 2.06 bits per heavy atom. The Morgan fingerprint density at radius 1 is 1.31 bits per heavy atom. The molecule has 2 nitrogen and oxygen atoms in total. The van der Waals surface area contributed by atoms with E-state index in [2.05, 4.69) is 55.9 Å². The number of halogens is 1. The van der Waals surface area contributed by atoms with Crippen molar-refractivity contribution < 1.29 is 0 Å². The predicted molar refractivity (Wildman–Crippen MR) is 71.8 cm³/mol. The molecule has 1 N–H and O–H groups in total. The molecular weight excluding hydrogens is 284 g/mol. The Balaban J connectivity index is 2.05. The van der Waals surface area contributed by atoms with Crippen LogP contribution >= 0.6 is 27.3 Å². The number of aromatic nitrogens is 1. The van der Waals surface area contributed by atoms with Gasteiger partial charge in [0.1, 0.15) is 0 Å². The quantitative estimate of drug-likeness (QED) is 0.937. The van der Waals surface area contributed by atoms with Crippen molar-refractivity contribution in [1.29, 1.82) is 0 Å². The van der Waals surface area contributed by atoms with Crippen LogP contribution in [0.25, 0.3) is 0 Å². The Hall–Kier alpha value is -0.710. The third-order valence-corrected chi connectivity index (χ3v) is 3.65. The summed E-state index contributed by atoms with van der Waals surface area (Å²) in [5.41, 5.74) is 2.42. The summed E-state index contributed by atoms with van der Waals surface area (Å²) in [6.07, 6.45) is 0.918. The lowest BCUT2D eigenvalue weighted by molar-refractivity contribution is 0.793. The lowest BCUT2D eigenvalue weighted by Gasteiger charge is -1.98. The van der Waals surface area contributed by atoms with Crippen molar-refractivity contribution >= 4 is 27.3 Å². The van der Waals surface area contributed by atoms with Crippen molar-refractivity contribution in [1.82, 2.24) is 10.3 Å². The molecule has 2 rings (SSSR count). The van der Waals surface area contributed by atoms with Gasteiger partial charge in [-0.25, -0.2) is 4.98 Å². The van der Waals surface area contributed by atoms with Crippen molar-refractivity contribution in [2.75, 3.05) is 7.05 Å². The van der Waals surface area contributed by atoms with Gasteiger partial charge in [-0.15, -0.1) is 11.3 Å². The third kappa shape index (κ3) is 3.14. The van der Waals surface area contributed by atoms with E-state index in [1.54, 1.807) is 11.3 Å². The molecule has 0 unspecified atom stereocenters. The average Bonchev–Trinajstić information content (AvgIpc) is 2.70. The van der Waals surface area contributed by atoms with Crippen molar-refractivity contribution in [3.8, 4) is 0 Å². The Labute approximate surface area is 108 Å². The van der Waals surface area contributed by atoms with E-state index in [1.165, 1.54) is 10.6 Å². The van der Waals surface area contributed by atoms with E-state index < -0.39 is 0 Å². The van der Waals surface area contributed by atoms with Crippen LogP contribution in [0.1, 0.15) is 16.3 Å². The van der Waals surface area contributed by atoms with Gasteiger partial charge in [0.05, 0.1) is 10.7 Å². The number of nitrogens with zero attached hydrogens (tertiary/aromatic N) is 1. The second-order valence-corrected chi connectivity index (χ2v) is 5.42. The molecule has 0 aliphatic rings. The van der Waals surface area contributed by atoms with Crippen LogP contribution in [0.5, 0.6) is 0 Å². The molecule has 0 bridgehead atoms. The van der Waals surface area contributed by atoms with E-state index >= 15 is 0 Å².